The molecule has 0 radical (unpaired) electrons. The summed E-state index contributed by atoms with van der Waals surface area (Å²) < 4.78 is 31.6. The van der Waals surface area contributed by atoms with E-state index in [-0.39, 0.29) is 11.5 Å². The molecule has 0 saturated heterocycles. The number of nitrogens with zero attached hydrogens (tertiary/aromatic N) is 1. The molecule has 168 valence electrons. The van der Waals surface area contributed by atoms with Crippen LogP contribution in [0.25, 0.3) is 6.08 Å². The van der Waals surface area contributed by atoms with Gasteiger partial charge < -0.3 is 14.2 Å². The number of methoxy groups -OCH3 is 1. The number of hydrogen-bond acceptors (Lipinski definition) is 5. The smallest absolute Gasteiger partial charge is 0.232 e. The molecule has 5 nitrogen and oxygen atoms in total. The third kappa shape index (κ3) is 3.98. The molecule has 0 spiro atoms. The molecule has 2 aliphatic heterocycles. The SMILES string of the molecule is COc1ccccc1CCN1COc2cc(C)c3c(c2C1)O/C(=C\c1ccccc1F)C3=O. The van der Waals surface area contributed by atoms with Gasteiger partial charge in [-0.15, -0.1) is 0 Å². The summed E-state index contributed by atoms with van der Waals surface area (Å²) >= 11 is 0. The molecule has 33 heavy (non-hydrogen) atoms. The van der Waals surface area contributed by atoms with Crippen LogP contribution in [0.2, 0.25) is 0 Å². The van der Waals surface area contributed by atoms with E-state index in [1.165, 1.54) is 12.1 Å². The zero-order valence-electron chi connectivity index (χ0n) is 18.6. The summed E-state index contributed by atoms with van der Waals surface area (Å²) in [7, 11) is 1.67. The number of Topliss-reactive ketones (excluding diaryl/α,β-unsaturated/α-hetero) is 1. The average Bonchev–Trinajstić information content (AvgIpc) is 3.16. The highest BCUT2D eigenvalue weighted by molar-refractivity contribution is 6.15. The number of carbonyl (C=O) groups is 1. The van der Waals surface area contributed by atoms with Crippen molar-refractivity contribution in [2.75, 3.05) is 20.4 Å². The van der Waals surface area contributed by atoms with Crippen molar-refractivity contribution in [1.29, 1.82) is 0 Å². The number of halogens is 1. The van der Waals surface area contributed by atoms with Crippen molar-refractivity contribution in [2.45, 2.75) is 19.9 Å². The average molecular weight is 445 g/mol. The lowest BCUT2D eigenvalue weighted by Gasteiger charge is -2.30. The highest BCUT2D eigenvalue weighted by atomic mass is 19.1. The molecule has 0 saturated carbocycles. The molecule has 0 unspecified atom stereocenters. The summed E-state index contributed by atoms with van der Waals surface area (Å²) in [5.74, 6) is 1.59. The normalized spacial score (nSPS) is 16.2. The van der Waals surface area contributed by atoms with Crippen molar-refractivity contribution in [1.82, 2.24) is 4.90 Å². The maximum Gasteiger partial charge on any atom is 0.232 e. The van der Waals surface area contributed by atoms with Crippen LogP contribution < -0.4 is 14.2 Å². The third-order valence-electron chi connectivity index (χ3n) is 6.07. The van der Waals surface area contributed by atoms with Crippen molar-refractivity contribution in [3.05, 3.63) is 94.0 Å². The topological polar surface area (TPSA) is 48.0 Å². The van der Waals surface area contributed by atoms with Gasteiger partial charge in [-0.1, -0.05) is 36.4 Å². The minimum atomic E-state index is -0.401. The zero-order valence-corrected chi connectivity index (χ0v) is 18.6. The van der Waals surface area contributed by atoms with E-state index in [0.29, 0.717) is 30.2 Å². The van der Waals surface area contributed by atoms with E-state index in [1.54, 1.807) is 25.3 Å². The van der Waals surface area contributed by atoms with Crippen molar-refractivity contribution >= 4 is 11.9 Å². The van der Waals surface area contributed by atoms with Crippen LogP contribution in [0.4, 0.5) is 4.39 Å². The second kappa shape index (κ2) is 8.71. The standard InChI is InChI=1S/C27H24FNO4/c1-17-13-23-20(15-29(16-32-23)12-11-18-7-4-6-10-22(18)31-2)27-25(17)26(30)24(33-27)14-19-8-3-5-9-21(19)28/h3-10,13-14H,11-12,15-16H2,1-2H3/b24-14-. The number of fused-ring (bicyclic) bond motifs is 3. The number of ketones is 1. The molecule has 6 heteroatoms. The molecule has 3 aromatic carbocycles. The van der Waals surface area contributed by atoms with Crippen molar-refractivity contribution in [3.63, 3.8) is 0 Å². The molecule has 0 fully saturated rings. The predicted octanol–water partition coefficient (Wildman–Crippen LogP) is 5.15. The van der Waals surface area contributed by atoms with Crippen molar-refractivity contribution in [2.24, 2.45) is 0 Å². The molecule has 3 aromatic rings. The number of allylic oxidation sites excluding steroid dienone is 1. The largest absolute Gasteiger partial charge is 0.496 e. The molecular weight excluding hydrogens is 421 g/mol. The fourth-order valence-corrected chi connectivity index (χ4v) is 4.34. The van der Waals surface area contributed by atoms with Gasteiger partial charge in [0.25, 0.3) is 0 Å². The number of rotatable bonds is 5. The Balaban J connectivity index is 1.41. The van der Waals surface area contributed by atoms with Crippen LogP contribution in [0.3, 0.4) is 0 Å². The Morgan fingerprint density at radius 3 is 2.76 bits per heavy atom. The summed E-state index contributed by atoms with van der Waals surface area (Å²) in [5.41, 5.74) is 3.59. The molecular formula is C27H24FNO4. The van der Waals surface area contributed by atoms with Gasteiger partial charge in [-0.2, -0.15) is 0 Å². The first-order valence-corrected chi connectivity index (χ1v) is 10.9. The summed E-state index contributed by atoms with van der Waals surface area (Å²) in [6.45, 7) is 3.66. The van der Waals surface area contributed by atoms with Gasteiger partial charge >= 0.3 is 0 Å². The van der Waals surface area contributed by atoms with Crippen LogP contribution in [-0.2, 0) is 13.0 Å². The van der Waals surface area contributed by atoms with Gasteiger partial charge in [-0.05, 0) is 48.7 Å². The molecule has 2 heterocycles. The Morgan fingerprint density at radius 1 is 1.15 bits per heavy atom. The molecule has 0 aliphatic carbocycles. The second-order valence-electron chi connectivity index (χ2n) is 8.22. The number of benzene rings is 3. The number of ether oxygens (including phenoxy) is 3. The maximum absolute atomic E-state index is 14.1. The summed E-state index contributed by atoms with van der Waals surface area (Å²) in [4.78, 5) is 15.3. The van der Waals surface area contributed by atoms with Gasteiger partial charge in [0, 0.05) is 18.7 Å². The van der Waals surface area contributed by atoms with Gasteiger partial charge in [-0.3, -0.25) is 9.69 Å². The number of aryl methyl sites for hydroxylation is 1. The molecule has 0 bridgehead atoms. The number of carbonyl (C=O) groups excluding carboxylic acids is 1. The van der Waals surface area contributed by atoms with E-state index in [9.17, 15) is 9.18 Å². The van der Waals surface area contributed by atoms with Crippen LogP contribution in [-0.4, -0.2) is 31.1 Å². The molecule has 2 aliphatic rings. The van der Waals surface area contributed by atoms with Crippen LogP contribution in [0.1, 0.15) is 32.6 Å². The van der Waals surface area contributed by atoms with E-state index in [0.717, 1.165) is 41.2 Å². The van der Waals surface area contributed by atoms with E-state index >= 15 is 0 Å². The molecule has 0 aromatic heterocycles. The van der Waals surface area contributed by atoms with Crippen LogP contribution >= 0.6 is 0 Å². The molecule has 5 rings (SSSR count). The van der Waals surface area contributed by atoms with Crippen LogP contribution in [0.15, 0.2) is 60.4 Å². The van der Waals surface area contributed by atoms with E-state index in [4.69, 9.17) is 14.2 Å². The van der Waals surface area contributed by atoms with Gasteiger partial charge in [0.2, 0.25) is 5.78 Å². The van der Waals surface area contributed by atoms with E-state index in [1.807, 2.05) is 31.2 Å². The quantitative estimate of drug-likeness (QED) is 0.508. The fraction of sp³-hybridized carbons (Fsp3) is 0.222. The fourth-order valence-electron chi connectivity index (χ4n) is 4.34. The maximum atomic E-state index is 14.1. The van der Waals surface area contributed by atoms with Crippen LogP contribution in [0.5, 0.6) is 17.2 Å². The minimum Gasteiger partial charge on any atom is -0.496 e. The molecule has 0 N–H and O–H groups in total. The summed E-state index contributed by atoms with van der Waals surface area (Å²) in [6, 6.07) is 16.2. The number of hydrogen-bond donors (Lipinski definition) is 0. The van der Waals surface area contributed by atoms with E-state index < -0.39 is 5.82 Å². The Hall–Kier alpha value is -3.64. The Labute approximate surface area is 192 Å². The molecule has 0 amide bonds. The highest BCUT2D eigenvalue weighted by Gasteiger charge is 2.35. The lowest BCUT2D eigenvalue weighted by atomic mass is 9.98. The minimum absolute atomic E-state index is 0.123. The lowest BCUT2D eigenvalue weighted by molar-refractivity contribution is 0.0947. The van der Waals surface area contributed by atoms with Gasteiger partial charge in [0.1, 0.15) is 29.8 Å². The zero-order chi connectivity index (χ0) is 22.9. The van der Waals surface area contributed by atoms with Gasteiger partial charge in [0.15, 0.2) is 5.76 Å². The Kier molecular flexibility index (Phi) is 5.60. The molecule has 0 atom stereocenters. The van der Waals surface area contributed by atoms with Crippen LogP contribution in [0, 0.1) is 12.7 Å². The number of para-hydroxylation sites is 1. The van der Waals surface area contributed by atoms with Gasteiger partial charge in [-0.25, -0.2) is 4.39 Å². The Morgan fingerprint density at radius 2 is 1.94 bits per heavy atom. The summed E-state index contributed by atoms with van der Waals surface area (Å²) in [6.07, 6.45) is 2.27. The van der Waals surface area contributed by atoms with Crippen molar-refractivity contribution < 1.29 is 23.4 Å². The second-order valence-corrected chi connectivity index (χ2v) is 8.22. The first kappa shape index (κ1) is 21.2. The van der Waals surface area contributed by atoms with Gasteiger partial charge in [0.05, 0.1) is 18.2 Å². The third-order valence-corrected chi connectivity index (χ3v) is 6.07. The lowest BCUT2D eigenvalue weighted by Crippen LogP contribution is -2.34. The first-order chi connectivity index (χ1) is 16.0. The monoisotopic (exact) mass is 445 g/mol. The van der Waals surface area contributed by atoms with Crippen molar-refractivity contribution in [3.8, 4) is 17.2 Å². The highest BCUT2D eigenvalue weighted by Crippen LogP contribution is 2.44. The van der Waals surface area contributed by atoms with E-state index in [2.05, 4.69) is 11.0 Å². The Bertz CT molecular complexity index is 1270. The predicted molar refractivity (Wildman–Crippen MR) is 123 cm³/mol. The first-order valence-electron chi connectivity index (χ1n) is 10.9. The summed E-state index contributed by atoms with van der Waals surface area (Å²) in [5, 5.41) is 0.